The van der Waals surface area contributed by atoms with E-state index < -0.39 is 0 Å². The molecule has 2 rings (SSSR count). The van der Waals surface area contributed by atoms with Crippen molar-refractivity contribution < 1.29 is 4.42 Å². The lowest BCUT2D eigenvalue weighted by Gasteiger charge is -2.17. The highest BCUT2D eigenvalue weighted by molar-refractivity contribution is 9.10. The zero-order valence-corrected chi connectivity index (χ0v) is 11.3. The van der Waals surface area contributed by atoms with Crippen LogP contribution >= 0.6 is 27.5 Å². The Kier molecular flexibility index (Phi) is 4.23. The quantitative estimate of drug-likeness (QED) is 0.671. The van der Waals surface area contributed by atoms with Crippen LogP contribution in [0.15, 0.2) is 45.7 Å². The molecular formula is C12H12BrClN2O. The first kappa shape index (κ1) is 12.6. The molecule has 0 amide bonds. The highest BCUT2D eigenvalue weighted by Gasteiger charge is 2.14. The van der Waals surface area contributed by atoms with Crippen LogP contribution in [-0.2, 0) is 6.42 Å². The molecule has 17 heavy (non-hydrogen) atoms. The molecule has 1 atom stereocenters. The summed E-state index contributed by atoms with van der Waals surface area (Å²) < 4.78 is 5.98. The normalized spacial score (nSPS) is 12.6. The molecule has 3 N–H and O–H groups in total. The maximum absolute atomic E-state index is 5.91. The lowest BCUT2D eigenvalue weighted by molar-refractivity contribution is 0.534. The number of nitrogens with one attached hydrogen (secondary N) is 1. The van der Waals surface area contributed by atoms with Crippen molar-refractivity contribution in [2.24, 2.45) is 5.84 Å². The van der Waals surface area contributed by atoms with E-state index in [1.165, 1.54) is 0 Å². The summed E-state index contributed by atoms with van der Waals surface area (Å²) in [6, 6.07) is 7.60. The molecule has 2 aromatic rings. The number of nitrogens with two attached hydrogens (primary N) is 1. The molecule has 1 heterocycles. The second-order valence-corrected chi connectivity index (χ2v) is 5.01. The molecule has 90 valence electrons. The number of halogens is 2. The van der Waals surface area contributed by atoms with Crippen molar-refractivity contribution in [2.75, 3.05) is 0 Å². The topological polar surface area (TPSA) is 51.2 Å². The van der Waals surface area contributed by atoms with Gasteiger partial charge in [0.2, 0.25) is 0 Å². The van der Waals surface area contributed by atoms with E-state index >= 15 is 0 Å². The Morgan fingerprint density at radius 3 is 2.82 bits per heavy atom. The Balaban J connectivity index is 2.23. The summed E-state index contributed by atoms with van der Waals surface area (Å²) in [7, 11) is 0. The molecule has 0 bridgehead atoms. The van der Waals surface area contributed by atoms with Gasteiger partial charge in [-0.3, -0.25) is 11.3 Å². The fraction of sp³-hybridized carbons (Fsp3) is 0.167. The molecule has 0 saturated carbocycles. The standard InChI is InChI=1S/C12H12BrClN2O/c13-11-6-9(14)1-2-10(11)12(16-15)5-8-3-4-17-7-8/h1-4,6-7,12,16H,5,15H2. The third-order valence-electron chi connectivity index (χ3n) is 2.56. The van der Waals surface area contributed by atoms with Crippen molar-refractivity contribution in [1.82, 2.24) is 5.43 Å². The third-order valence-corrected chi connectivity index (χ3v) is 3.48. The molecule has 0 saturated heterocycles. The van der Waals surface area contributed by atoms with Crippen molar-refractivity contribution >= 4 is 27.5 Å². The average Bonchev–Trinajstić information content (AvgIpc) is 2.79. The highest BCUT2D eigenvalue weighted by atomic mass is 79.9. The summed E-state index contributed by atoms with van der Waals surface area (Å²) >= 11 is 9.40. The molecule has 1 aromatic heterocycles. The Morgan fingerprint density at radius 2 is 2.24 bits per heavy atom. The van der Waals surface area contributed by atoms with Crippen molar-refractivity contribution in [3.8, 4) is 0 Å². The van der Waals surface area contributed by atoms with Crippen LogP contribution in [0.1, 0.15) is 17.2 Å². The van der Waals surface area contributed by atoms with Gasteiger partial charge < -0.3 is 4.42 Å². The minimum atomic E-state index is 0.0132. The van der Waals surface area contributed by atoms with E-state index in [0.29, 0.717) is 5.02 Å². The van der Waals surface area contributed by atoms with E-state index in [4.69, 9.17) is 21.9 Å². The van der Waals surface area contributed by atoms with Crippen molar-refractivity contribution in [1.29, 1.82) is 0 Å². The molecule has 0 spiro atoms. The minimum Gasteiger partial charge on any atom is -0.472 e. The van der Waals surface area contributed by atoms with Crippen LogP contribution in [0.2, 0.25) is 5.02 Å². The first-order valence-corrected chi connectivity index (χ1v) is 6.30. The largest absolute Gasteiger partial charge is 0.472 e. The van der Waals surface area contributed by atoms with Crippen molar-refractivity contribution in [2.45, 2.75) is 12.5 Å². The minimum absolute atomic E-state index is 0.0132. The molecule has 0 aliphatic heterocycles. The van der Waals surface area contributed by atoms with E-state index in [0.717, 1.165) is 22.0 Å². The first-order chi connectivity index (χ1) is 8.20. The van der Waals surface area contributed by atoms with E-state index in [9.17, 15) is 0 Å². The predicted molar refractivity (Wildman–Crippen MR) is 71.6 cm³/mol. The predicted octanol–water partition coefficient (Wildman–Crippen LogP) is 3.44. The summed E-state index contributed by atoms with van der Waals surface area (Å²) in [4.78, 5) is 0. The first-order valence-electron chi connectivity index (χ1n) is 5.13. The van der Waals surface area contributed by atoms with Gasteiger partial charge in [0.15, 0.2) is 0 Å². The lowest BCUT2D eigenvalue weighted by Crippen LogP contribution is -2.29. The number of rotatable bonds is 4. The zero-order chi connectivity index (χ0) is 12.3. The van der Waals surface area contributed by atoms with Gasteiger partial charge >= 0.3 is 0 Å². The van der Waals surface area contributed by atoms with E-state index in [1.54, 1.807) is 12.5 Å². The fourth-order valence-electron chi connectivity index (χ4n) is 1.69. The third kappa shape index (κ3) is 3.10. The Hall–Kier alpha value is -0.810. The fourth-order valence-corrected chi connectivity index (χ4v) is 2.65. The van der Waals surface area contributed by atoms with E-state index in [-0.39, 0.29) is 6.04 Å². The number of hydrogen-bond donors (Lipinski definition) is 2. The van der Waals surface area contributed by atoms with Crippen LogP contribution in [0.25, 0.3) is 0 Å². The van der Waals surface area contributed by atoms with E-state index in [1.807, 2.05) is 24.3 Å². The maximum Gasteiger partial charge on any atom is 0.0935 e. The number of furan rings is 1. The zero-order valence-electron chi connectivity index (χ0n) is 8.99. The van der Waals surface area contributed by atoms with Crippen LogP contribution < -0.4 is 11.3 Å². The molecule has 1 unspecified atom stereocenters. The van der Waals surface area contributed by atoms with Gasteiger partial charge in [0.05, 0.1) is 18.6 Å². The van der Waals surface area contributed by atoms with Crippen molar-refractivity contribution in [3.63, 3.8) is 0 Å². The molecule has 0 aliphatic rings. The number of hydrazine groups is 1. The van der Waals surface area contributed by atoms with Crippen LogP contribution in [0.3, 0.4) is 0 Å². The summed E-state index contributed by atoms with van der Waals surface area (Å²) in [5.41, 5.74) is 4.96. The number of hydrogen-bond acceptors (Lipinski definition) is 3. The average molecular weight is 316 g/mol. The summed E-state index contributed by atoms with van der Waals surface area (Å²) in [6.07, 6.45) is 4.13. The van der Waals surface area contributed by atoms with Crippen LogP contribution in [-0.4, -0.2) is 0 Å². The van der Waals surface area contributed by atoms with Gasteiger partial charge in [-0.15, -0.1) is 0 Å². The molecule has 0 fully saturated rings. The van der Waals surface area contributed by atoms with Gasteiger partial charge in [-0.05, 0) is 35.7 Å². The molecular weight excluding hydrogens is 304 g/mol. The second-order valence-electron chi connectivity index (χ2n) is 3.72. The summed E-state index contributed by atoms with van der Waals surface area (Å²) in [5.74, 6) is 5.59. The Morgan fingerprint density at radius 1 is 1.41 bits per heavy atom. The smallest absolute Gasteiger partial charge is 0.0935 e. The molecule has 0 radical (unpaired) electrons. The van der Waals surface area contributed by atoms with E-state index in [2.05, 4.69) is 21.4 Å². The Labute approximate surface area is 113 Å². The van der Waals surface area contributed by atoms with Crippen LogP contribution in [0.5, 0.6) is 0 Å². The van der Waals surface area contributed by atoms with Crippen LogP contribution in [0, 0.1) is 0 Å². The van der Waals surface area contributed by atoms with Crippen LogP contribution in [0.4, 0.5) is 0 Å². The van der Waals surface area contributed by atoms with Gasteiger partial charge in [-0.2, -0.15) is 0 Å². The molecule has 0 aliphatic carbocycles. The highest BCUT2D eigenvalue weighted by Crippen LogP contribution is 2.28. The Bertz CT molecular complexity index is 487. The second kappa shape index (κ2) is 5.69. The van der Waals surface area contributed by atoms with Gasteiger partial charge in [0.25, 0.3) is 0 Å². The number of benzene rings is 1. The summed E-state index contributed by atoms with van der Waals surface area (Å²) in [6.45, 7) is 0. The molecule has 1 aromatic carbocycles. The van der Waals surface area contributed by atoms with Gasteiger partial charge in [0.1, 0.15) is 0 Å². The SMILES string of the molecule is NNC(Cc1ccoc1)c1ccc(Cl)cc1Br. The monoisotopic (exact) mass is 314 g/mol. The molecule has 5 heteroatoms. The maximum atomic E-state index is 5.91. The van der Waals surface area contributed by atoms with Crippen molar-refractivity contribution in [3.05, 3.63) is 57.4 Å². The van der Waals surface area contributed by atoms with Gasteiger partial charge in [-0.1, -0.05) is 33.6 Å². The molecule has 3 nitrogen and oxygen atoms in total. The van der Waals surface area contributed by atoms with Gasteiger partial charge in [0, 0.05) is 9.50 Å². The van der Waals surface area contributed by atoms with Gasteiger partial charge in [-0.25, -0.2) is 0 Å². The summed E-state index contributed by atoms with van der Waals surface area (Å²) in [5, 5.41) is 0.694. The lowest BCUT2D eigenvalue weighted by atomic mass is 10.0.